The molecule has 5 nitrogen and oxygen atoms in total. The zero-order valence-electron chi connectivity index (χ0n) is 12.0. The van der Waals surface area contributed by atoms with Crippen LogP contribution in [-0.2, 0) is 4.79 Å². The van der Waals surface area contributed by atoms with Crippen LogP contribution in [0.1, 0.15) is 23.7 Å². The molecule has 1 N–H and O–H groups in total. The van der Waals surface area contributed by atoms with Gasteiger partial charge in [-0.05, 0) is 31.5 Å². The highest BCUT2D eigenvalue weighted by molar-refractivity contribution is 6.30. The largest absolute Gasteiger partial charge is 0.480 e. The summed E-state index contributed by atoms with van der Waals surface area (Å²) in [7, 11) is 0. The summed E-state index contributed by atoms with van der Waals surface area (Å²) in [6, 6.07) is 6.37. The standard InChI is InChI=1S/C15H19ClN2O3/c1-11(15(20)21)17-6-3-7-18(9-8-17)14(19)12-4-2-5-13(16)10-12/h2,4-5,10-11H,3,6-9H2,1H3,(H,20,21)/t11-/m0/s1. The van der Waals surface area contributed by atoms with E-state index in [4.69, 9.17) is 16.7 Å². The lowest BCUT2D eigenvalue weighted by atomic mass is 10.2. The van der Waals surface area contributed by atoms with E-state index in [1.54, 1.807) is 36.1 Å². The Labute approximate surface area is 129 Å². The van der Waals surface area contributed by atoms with Gasteiger partial charge in [0, 0.05) is 36.8 Å². The Morgan fingerprint density at radius 2 is 2.00 bits per heavy atom. The molecule has 0 spiro atoms. The van der Waals surface area contributed by atoms with Crippen molar-refractivity contribution in [3.63, 3.8) is 0 Å². The maximum atomic E-state index is 12.4. The number of nitrogens with zero attached hydrogens (tertiary/aromatic N) is 2. The molecule has 1 heterocycles. The first-order chi connectivity index (χ1) is 9.99. The molecule has 0 bridgehead atoms. The number of carboxylic acid groups (broad SMARTS) is 1. The highest BCUT2D eigenvalue weighted by Crippen LogP contribution is 2.15. The molecule has 1 aromatic carbocycles. The van der Waals surface area contributed by atoms with Crippen LogP contribution in [0.5, 0.6) is 0 Å². The SMILES string of the molecule is C[C@@H](C(=O)O)N1CCCN(C(=O)c2cccc(Cl)c2)CC1. The second kappa shape index (κ2) is 6.91. The molecule has 1 aromatic rings. The molecule has 0 saturated carbocycles. The molecule has 1 saturated heterocycles. The number of hydrogen-bond acceptors (Lipinski definition) is 3. The Morgan fingerprint density at radius 3 is 2.67 bits per heavy atom. The average molecular weight is 311 g/mol. The third-order valence-corrected chi connectivity index (χ3v) is 4.03. The average Bonchev–Trinajstić information content (AvgIpc) is 2.71. The number of rotatable bonds is 3. The van der Waals surface area contributed by atoms with Crippen LogP contribution in [0.3, 0.4) is 0 Å². The molecule has 0 radical (unpaired) electrons. The number of benzene rings is 1. The van der Waals surface area contributed by atoms with Gasteiger partial charge < -0.3 is 10.0 Å². The second-order valence-electron chi connectivity index (χ2n) is 5.21. The Bertz CT molecular complexity index is 535. The summed E-state index contributed by atoms with van der Waals surface area (Å²) in [6.45, 7) is 4.10. The molecule has 1 aliphatic heterocycles. The zero-order valence-corrected chi connectivity index (χ0v) is 12.7. The predicted octanol–water partition coefficient (Wildman–Crippen LogP) is 1.96. The molecular weight excluding hydrogens is 292 g/mol. The lowest BCUT2D eigenvalue weighted by molar-refractivity contribution is -0.142. The van der Waals surface area contributed by atoms with Gasteiger partial charge in [-0.3, -0.25) is 14.5 Å². The van der Waals surface area contributed by atoms with Gasteiger partial charge in [-0.2, -0.15) is 0 Å². The number of carbonyl (C=O) groups is 2. The van der Waals surface area contributed by atoms with Crippen molar-refractivity contribution in [2.24, 2.45) is 0 Å². The van der Waals surface area contributed by atoms with Crippen molar-refractivity contribution >= 4 is 23.5 Å². The normalized spacial score (nSPS) is 18.1. The van der Waals surface area contributed by atoms with Gasteiger partial charge >= 0.3 is 5.97 Å². The van der Waals surface area contributed by atoms with Gasteiger partial charge in [0.1, 0.15) is 6.04 Å². The fourth-order valence-electron chi connectivity index (χ4n) is 2.49. The van der Waals surface area contributed by atoms with Crippen molar-refractivity contribution in [2.45, 2.75) is 19.4 Å². The summed E-state index contributed by atoms with van der Waals surface area (Å²) >= 11 is 5.92. The van der Waals surface area contributed by atoms with E-state index in [-0.39, 0.29) is 5.91 Å². The van der Waals surface area contributed by atoms with E-state index in [1.807, 2.05) is 4.90 Å². The third kappa shape index (κ3) is 3.95. The quantitative estimate of drug-likeness (QED) is 0.927. The molecular formula is C15H19ClN2O3. The van der Waals surface area contributed by atoms with Gasteiger partial charge in [-0.15, -0.1) is 0 Å². The fourth-order valence-corrected chi connectivity index (χ4v) is 2.68. The minimum Gasteiger partial charge on any atom is -0.480 e. The zero-order chi connectivity index (χ0) is 15.4. The third-order valence-electron chi connectivity index (χ3n) is 3.79. The van der Waals surface area contributed by atoms with Crippen LogP contribution in [0.25, 0.3) is 0 Å². The van der Waals surface area contributed by atoms with Crippen molar-refractivity contribution in [3.8, 4) is 0 Å². The minimum atomic E-state index is -0.829. The van der Waals surface area contributed by atoms with Crippen LogP contribution in [0, 0.1) is 0 Å². The van der Waals surface area contributed by atoms with E-state index in [1.165, 1.54) is 0 Å². The number of carboxylic acids is 1. The smallest absolute Gasteiger partial charge is 0.320 e. The summed E-state index contributed by atoms with van der Waals surface area (Å²) in [5.41, 5.74) is 0.572. The van der Waals surface area contributed by atoms with Gasteiger partial charge in [0.2, 0.25) is 0 Å². The summed E-state index contributed by atoms with van der Waals surface area (Å²) in [6.07, 6.45) is 0.768. The van der Waals surface area contributed by atoms with Crippen molar-refractivity contribution in [3.05, 3.63) is 34.9 Å². The lowest BCUT2D eigenvalue weighted by Gasteiger charge is -2.24. The van der Waals surface area contributed by atoms with Crippen LogP contribution >= 0.6 is 11.6 Å². The maximum absolute atomic E-state index is 12.4. The van der Waals surface area contributed by atoms with Gasteiger partial charge in [0.25, 0.3) is 5.91 Å². The molecule has 114 valence electrons. The van der Waals surface area contributed by atoms with Gasteiger partial charge in [0.05, 0.1) is 0 Å². The summed E-state index contributed by atoms with van der Waals surface area (Å²) in [4.78, 5) is 27.2. The Morgan fingerprint density at radius 1 is 1.24 bits per heavy atom. The van der Waals surface area contributed by atoms with E-state index in [2.05, 4.69) is 0 Å². The lowest BCUT2D eigenvalue weighted by Crippen LogP contribution is -2.42. The molecule has 0 aliphatic carbocycles. The first kappa shape index (κ1) is 15.8. The number of amides is 1. The molecule has 1 fully saturated rings. The number of carbonyl (C=O) groups excluding carboxylic acids is 1. The van der Waals surface area contributed by atoms with Crippen molar-refractivity contribution in [1.82, 2.24) is 9.80 Å². The molecule has 2 rings (SSSR count). The topological polar surface area (TPSA) is 60.9 Å². The van der Waals surface area contributed by atoms with E-state index in [0.717, 1.165) is 6.42 Å². The molecule has 0 unspecified atom stereocenters. The molecule has 1 atom stereocenters. The van der Waals surface area contributed by atoms with Crippen LogP contribution < -0.4 is 0 Å². The van der Waals surface area contributed by atoms with Crippen molar-refractivity contribution in [1.29, 1.82) is 0 Å². The van der Waals surface area contributed by atoms with E-state index in [0.29, 0.717) is 36.8 Å². The highest BCUT2D eigenvalue weighted by atomic mass is 35.5. The number of halogens is 1. The summed E-state index contributed by atoms with van der Waals surface area (Å²) < 4.78 is 0. The van der Waals surface area contributed by atoms with Gasteiger partial charge in [-0.25, -0.2) is 0 Å². The number of hydrogen-bond donors (Lipinski definition) is 1. The summed E-state index contributed by atoms with van der Waals surface area (Å²) in [5, 5.41) is 9.61. The first-order valence-corrected chi connectivity index (χ1v) is 7.38. The Balaban J connectivity index is 2.03. The maximum Gasteiger partial charge on any atom is 0.320 e. The Kier molecular flexibility index (Phi) is 5.20. The van der Waals surface area contributed by atoms with Crippen LogP contribution in [0.15, 0.2) is 24.3 Å². The predicted molar refractivity (Wildman–Crippen MR) is 80.6 cm³/mol. The van der Waals surface area contributed by atoms with Crippen LogP contribution in [0.4, 0.5) is 0 Å². The second-order valence-corrected chi connectivity index (χ2v) is 5.64. The highest BCUT2D eigenvalue weighted by Gasteiger charge is 2.25. The molecule has 21 heavy (non-hydrogen) atoms. The van der Waals surface area contributed by atoms with Crippen molar-refractivity contribution < 1.29 is 14.7 Å². The van der Waals surface area contributed by atoms with Crippen LogP contribution in [0.2, 0.25) is 5.02 Å². The minimum absolute atomic E-state index is 0.0534. The molecule has 1 amide bonds. The van der Waals surface area contributed by atoms with E-state index >= 15 is 0 Å². The molecule has 6 heteroatoms. The van der Waals surface area contributed by atoms with E-state index in [9.17, 15) is 9.59 Å². The van der Waals surface area contributed by atoms with Gasteiger partial charge in [-0.1, -0.05) is 17.7 Å². The van der Waals surface area contributed by atoms with Gasteiger partial charge in [0.15, 0.2) is 0 Å². The number of aliphatic carboxylic acids is 1. The Hall–Kier alpha value is -1.59. The summed E-state index contributed by atoms with van der Waals surface area (Å²) in [5.74, 6) is -0.882. The monoisotopic (exact) mass is 310 g/mol. The molecule has 1 aliphatic rings. The first-order valence-electron chi connectivity index (χ1n) is 7.00. The van der Waals surface area contributed by atoms with Crippen LogP contribution in [-0.4, -0.2) is 59.0 Å². The van der Waals surface area contributed by atoms with Crippen molar-refractivity contribution in [2.75, 3.05) is 26.2 Å². The fraction of sp³-hybridized carbons (Fsp3) is 0.467. The van der Waals surface area contributed by atoms with E-state index < -0.39 is 12.0 Å². The molecule has 0 aromatic heterocycles.